The minimum absolute atomic E-state index is 0.374. The van der Waals surface area contributed by atoms with Gasteiger partial charge in [-0.1, -0.05) is 200 Å². The molecule has 0 aliphatic carbocycles. The topological polar surface area (TPSA) is 20.2 Å². The largest absolute Gasteiger partial charge is 0.396 e. The van der Waals surface area contributed by atoms with Crippen LogP contribution in [0.1, 0.15) is 206 Å². The maximum absolute atomic E-state index is 8.80. The molecule has 0 amide bonds. The van der Waals surface area contributed by atoms with E-state index in [9.17, 15) is 0 Å². The Hall–Kier alpha value is -0.0400. The van der Waals surface area contributed by atoms with Gasteiger partial charge in [-0.25, -0.2) is 0 Å². The molecule has 0 aliphatic heterocycles. The van der Waals surface area contributed by atoms with Crippen molar-refractivity contribution >= 4 is 0 Å². The van der Waals surface area contributed by atoms with Gasteiger partial charge in [0.15, 0.2) is 0 Å². The zero-order valence-corrected chi connectivity index (χ0v) is 24.9. The number of hydrogen-bond acceptors (Lipinski definition) is 1. The molecule has 35 heavy (non-hydrogen) atoms. The van der Waals surface area contributed by atoms with Crippen molar-refractivity contribution in [3.8, 4) is 0 Å². The second-order valence-corrected chi connectivity index (χ2v) is 11.8. The maximum Gasteiger partial charge on any atom is 0.0431 e. The second kappa shape index (κ2) is 32.0. The van der Waals surface area contributed by atoms with E-state index in [1.807, 2.05) is 0 Å². The van der Waals surface area contributed by atoms with Gasteiger partial charge in [0, 0.05) is 6.61 Å². The molecule has 212 valence electrons. The Morgan fingerprint density at radius 3 is 0.886 bits per heavy atom. The fraction of sp³-hybridized carbons (Fsp3) is 1.00. The Balaban J connectivity index is 3.37. The van der Waals surface area contributed by atoms with Crippen LogP contribution >= 0.6 is 0 Å². The fourth-order valence-electron chi connectivity index (χ4n) is 5.78. The highest BCUT2D eigenvalue weighted by atomic mass is 16.2. The van der Waals surface area contributed by atoms with Crippen LogP contribution in [-0.2, 0) is 0 Å². The molecule has 1 N–H and O–H groups in total. The van der Waals surface area contributed by atoms with Crippen LogP contribution in [-0.4, -0.2) is 11.7 Å². The van der Waals surface area contributed by atoms with Crippen molar-refractivity contribution in [2.45, 2.75) is 206 Å². The van der Waals surface area contributed by atoms with Gasteiger partial charge in [-0.15, -0.1) is 0 Å². The summed E-state index contributed by atoms with van der Waals surface area (Å²) in [7, 11) is 0. The highest BCUT2D eigenvalue weighted by molar-refractivity contribution is 4.61. The number of hydrogen-bond donors (Lipinski definition) is 1. The summed E-state index contributed by atoms with van der Waals surface area (Å²) in [4.78, 5) is 0. The average molecular weight is 495 g/mol. The summed E-state index contributed by atoms with van der Waals surface area (Å²) in [6, 6.07) is 0. The standard InChI is InChI=1S/C34H70O/c1-3-5-6-7-8-9-10-11-12-15-18-21-24-27-31-34(30-4-2)32-28-25-22-19-16-13-14-17-20-23-26-29-33-35/h34-35H,3-33H2,1-2H3. The van der Waals surface area contributed by atoms with Crippen molar-refractivity contribution in [1.82, 2.24) is 0 Å². The van der Waals surface area contributed by atoms with E-state index >= 15 is 0 Å². The van der Waals surface area contributed by atoms with Crippen molar-refractivity contribution in [2.24, 2.45) is 5.92 Å². The lowest BCUT2D eigenvalue weighted by atomic mass is 9.90. The summed E-state index contributed by atoms with van der Waals surface area (Å²) in [5, 5.41) is 8.80. The number of rotatable bonds is 31. The van der Waals surface area contributed by atoms with Gasteiger partial charge in [0.2, 0.25) is 0 Å². The van der Waals surface area contributed by atoms with E-state index in [4.69, 9.17) is 5.11 Å². The molecular formula is C34H70O. The molecule has 0 fully saturated rings. The third-order valence-corrected chi connectivity index (χ3v) is 8.18. The van der Waals surface area contributed by atoms with Crippen LogP contribution < -0.4 is 0 Å². The van der Waals surface area contributed by atoms with E-state index in [1.54, 1.807) is 0 Å². The molecule has 0 spiro atoms. The van der Waals surface area contributed by atoms with E-state index in [0.717, 1.165) is 12.3 Å². The first-order chi connectivity index (χ1) is 17.3. The monoisotopic (exact) mass is 495 g/mol. The minimum atomic E-state index is 0.374. The predicted molar refractivity (Wildman–Crippen MR) is 160 cm³/mol. The van der Waals surface area contributed by atoms with Gasteiger partial charge in [-0.2, -0.15) is 0 Å². The van der Waals surface area contributed by atoms with Crippen molar-refractivity contribution in [2.75, 3.05) is 6.61 Å². The third kappa shape index (κ3) is 30.1. The quantitative estimate of drug-likeness (QED) is 0.0950. The normalized spacial score (nSPS) is 12.4. The molecule has 0 bridgehead atoms. The van der Waals surface area contributed by atoms with Gasteiger partial charge < -0.3 is 5.11 Å². The van der Waals surface area contributed by atoms with Crippen LogP contribution in [0.25, 0.3) is 0 Å². The Bertz CT molecular complexity index is 352. The summed E-state index contributed by atoms with van der Waals surface area (Å²) in [6.45, 7) is 5.06. The van der Waals surface area contributed by atoms with E-state index < -0.39 is 0 Å². The first-order valence-electron chi connectivity index (χ1n) is 17.0. The lowest BCUT2D eigenvalue weighted by Gasteiger charge is -2.16. The first kappa shape index (κ1) is 35.0. The van der Waals surface area contributed by atoms with Gasteiger partial charge >= 0.3 is 0 Å². The Morgan fingerprint density at radius 1 is 0.314 bits per heavy atom. The molecule has 0 aliphatic rings. The number of aliphatic hydroxyl groups is 1. The zero-order chi connectivity index (χ0) is 25.5. The highest BCUT2D eigenvalue weighted by Gasteiger charge is 2.07. The van der Waals surface area contributed by atoms with E-state index in [1.165, 1.54) is 186 Å². The maximum atomic E-state index is 8.80. The average Bonchev–Trinajstić information content (AvgIpc) is 2.87. The van der Waals surface area contributed by atoms with Crippen LogP contribution in [0.15, 0.2) is 0 Å². The van der Waals surface area contributed by atoms with E-state index in [0.29, 0.717) is 6.61 Å². The van der Waals surface area contributed by atoms with Crippen LogP contribution in [0.2, 0.25) is 0 Å². The molecule has 1 heteroatoms. The molecule has 1 nitrogen and oxygen atoms in total. The summed E-state index contributed by atoms with van der Waals surface area (Å²) in [6.07, 6.45) is 43.0. The molecule has 1 atom stereocenters. The Kier molecular flexibility index (Phi) is 32.0. The van der Waals surface area contributed by atoms with Gasteiger partial charge in [-0.3, -0.25) is 0 Å². The van der Waals surface area contributed by atoms with Crippen molar-refractivity contribution in [1.29, 1.82) is 0 Å². The van der Waals surface area contributed by atoms with Crippen molar-refractivity contribution < 1.29 is 5.11 Å². The number of aliphatic hydroxyl groups excluding tert-OH is 1. The highest BCUT2D eigenvalue weighted by Crippen LogP contribution is 2.23. The molecular weight excluding hydrogens is 424 g/mol. The fourth-order valence-corrected chi connectivity index (χ4v) is 5.78. The molecule has 1 unspecified atom stereocenters. The summed E-state index contributed by atoms with van der Waals surface area (Å²) in [5.41, 5.74) is 0. The molecule has 0 aromatic heterocycles. The smallest absolute Gasteiger partial charge is 0.0431 e. The molecule has 0 aromatic carbocycles. The molecule has 0 aromatic rings. The van der Waals surface area contributed by atoms with Crippen LogP contribution in [0.4, 0.5) is 0 Å². The lowest BCUT2D eigenvalue weighted by molar-refractivity contribution is 0.282. The van der Waals surface area contributed by atoms with Crippen molar-refractivity contribution in [3.05, 3.63) is 0 Å². The van der Waals surface area contributed by atoms with Gasteiger partial charge in [0.25, 0.3) is 0 Å². The molecule has 0 radical (unpaired) electrons. The lowest BCUT2D eigenvalue weighted by Crippen LogP contribution is -2.00. The molecule has 0 saturated carbocycles. The van der Waals surface area contributed by atoms with E-state index in [-0.39, 0.29) is 0 Å². The van der Waals surface area contributed by atoms with Gasteiger partial charge in [-0.05, 0) is 12.3 Å². The van der Waals surface area contributed by atoms with Crippen LogP contribution in [0.5, 0.6) is 0 Å². The second-order valence-electron chi connectivity index (χ2n) is 11.8. The summed E-state index contributed by atoms with van der Waals surface area (Å²) < 4.78 is 0. The minimum Gasteiger partial charge on any atom is -0.396 e. The first-order valence-corrected chi connectivity index (χ1v) is 17.0. The summed E-state index contributed by atoms with van der Waals surface area (Å²) >= 11 is 0. The Labute approximate surface area is 224 Å². The van der Waals surface area contributed by atoms with Gasteiger partial charge in [0.05, 0.1) is 0 Å². The molecule has 0 heterocycles. The predicted octanol–water partition coefficient (Wildman–Crippen LogP) is 12.3. The SMILES string of the molecule is CCCCCCCCCCCCCCCCC(CCC)CCCCCCCCCCCCCCO. The molecule has 0 saturated heterocycles. The molecule has 0 rings (SSSR count). The van der Waals surface area contributed by atoms with Crippen molar-refractivity contribution in [3.63, 3.8) is 0 Å². The number of unbranched alkanes of at least 4 members (excludes halogenated alkanes) is 24. The third-order valence-electron chi connectivity index (χ3n) is 8.18. The van der Waals surface area contributed by atoms with E-state index in [2.05, 4.69) is 13.8 Å². The Morgan fingerprint density at radius 2 is 0.600 bits per heavy atom. The summed E-state index contributed by atoms with van der Waals surface area (Å²) in [5.74, 6) is 1.02. The van der Waals surface area contributed by atoms with Gasteiger partial charge in [0.1, 0.15) is 0 Å². The van der Waals surface area contributed by atoms with Crippen LogP contribution in [0, 0.1) is 5.92 Å². The zero-order valence-electron chi connectivity index (χ0n) is 24.9. The van der Waals surface area contributed by atoms with Crippen LogP contribution in [0.3, 0.4) is 0 Å².